The molecule has 0 aliphatic rings. The van der Waals surface area contributed by atoms with Gasteiger partial charge in [-0.15, -0.1) is 11.3 Å². The molecule has 90 valence electrons. The van der Waals surface area contributed by atoms with Crippen molar-refractivity contribution >= 4 is 22.9 Å². The zero-order valence-corrected chi connectivity index (χ0v) is 10.3. The Balaban J connectivity index is 1.85. The smallest absolute Gasteiger partial charge is 0.261 e. The van der Waals surface area contributed by atoms with E-state index in [-0.39, 0.29) is 5.91 Å². The third-order valence-corrected chi connectivity index (χ3v) is 3.43. The van der Waals surface area contributed by atoms with Gasteiger partial charge in [-0.2, -0.15) is 5.10 Å². The first kappa shape index (κ1) is 11.7. The lowest BCUT2D eigenvalue weighted by molar-refractivity contribution is 0.0956. The number of amides is 1. The number of hydrogen-bond donors (Lipinski definition) is 2. The molecule has 3 N–H and O–H groups in total. The summed E-state index contributed by atoms with van der Waals surface area (Å²) >= 11 is 1.41. The van der Waals surface area contributed by atoms with Crippen molar-refractivity contribution in [3.05, 3.63) is 34.3 Å². The van der Waals surface area contributed by atoms with E-state index in [1.807, 2.05) is 19.2 Å². The molecule has 0 unspecified atom stereocenters. The number of rotatable bonds is 4. The summed E-state index contributed by atoms with van der Waals surface area (Å²) in [5, 5.41) is 6.88. The molecule has 17 heavy (non-hydrogen) atoms. The van der Waals surface area contributed by atoms with E-state index < -0.39 is 0 Å². The molecular formula is C11H14N4OS. The molecule has 0 bridgehead atoms. The summed E-state index contributed by atoms with van der Waals surface area (Å²) in [5.41, 5.74) is 6.37. The van der Waals surface area contributed by atoms with Crippen LogP contribution >= 0.6 is 11.3 Å². The minimum Gasteiger partial charge on any atom is -0.398 e. The largest absolute Gasteiger partial charge is 0.398 e. The first-order chi connectivity index (χ1) is 8.16. The van der Waals surface area contributed by atoms with Crippen molar-refractivity contribution in [2.45, 2.75) is 13.5 Å². The van der Waals surface area contributed by atoms with Gasteiger partial charge in [0.2, 0.25) is 0 Å². The molecule has 0 atom stereocenters. The van der Waals surface area contributed by atoms with Crippen LogP contribution in [0.25, 0.3) is 0 Å². The lowest BCUT2D eigenvalue weighted by atomic mass is 10.3. The van der Waals surface area contributed by atoms with Gasteiger partial charge in [-0.3, -0.25) is 9.48 Å². The van der Waals surface area contributed by atoms with Crippen LogP contribution < -0.4 is 11.1 Å². The molecule has 2 heterocycles. The van der Waals surface area contributed by atoms with E-state index in [2.05, 4.69) is 10.4 Å². The molecule has 0 aliphatic carbocycles. The lowest BCUT2D eigenvalue weighted by Crippen LogP contribution is -2.26. The van der Waals surface area contributed by atoms with E-state index in [1.165, 1.54) is 11.3 Å². The predicted octanol–water partition coefficient (Wildman–Crippen LogP) is 1.27. The van der Waals surface area contributed by atoms with Gasteiger partial charge in [-0.1, -0.05) is 0 Å². The average Bonchev–Trinajstić information content (AvgIpc) is 2.90. The molecule has 0 aliphatic heterocycles. The molecule has 0 saturated heterocycles. The molecule has 0 spiro atoms. The van der Waals surface area contributed by atoms with Gasteiger partial charge in [0, 0.05) is 29.5 Å². The summed E-state index contributed by atoms with van der Waals surface area (Å²) in [7, 11) is 0. The monoisotopic (exact) mass is 250 g/mol. The molecule has 0 saturated carbocycles. The minimum absolute atomic E-state index is 0.0815. The van der Waals surface area contributed by atoms with Gasteiger partial charge in [0.15, 0.2) is 0 Å². The molecule has 2 aromatic heterocycles. The Labute approximate surface area is 103 Å². The van der Waals surface area contributed by atoms with E-state index in [4.69, 9.17) is 5.73 Å². The van der Waals surface area contributed by atoms with Crippen LogP contribution in [-0.4, -0.2) is 22.2 Å². The number of aryl methyl sites for hydroxylation is 1. The van der Waals surface area contributed by atoms with Gasteiger partial charge in [-0.05, 0) is 19.1 Å². The van der Waals surface area contributed by atoms with Crippen molar-refractivity contribution in [1.82, 2.24) is 15.1 Å². The quantitative estimate of drug-likeness (QED) is 0.858. The number of carbonyl (C=O) groups excluding carboxylic acids is 1. The SMILES string of the molecule is Cc1sc(C(=O)NCCn2cccn2)cc1N. The zero-order chi connectivity index (χ0) is 12.3. The normalized spacial score (nSPS) is 10.4. The summed E-state index contributed by atoms with van der Waals surface area (Å²) in [6.07, 6.45) is 3.57. The van der Waals surface area contributed by atoms with Crippen LogP contribution in [0.5, 0.6) is 0 Å². The number of nitrogens with two attached hydrogens (primary N) is 1. The fourth-order valence-corrected chi connectivity index (χ4v) is 2.27. The Hall–Kier alpha value is -1.82. The summed E-state index contributed by atoms with van der Waals surface area (Å²) in [6, 6.07) is 3.56. The van der Waals surface area contributed by atoms with Crippen molar-refractivity contribution in [3.63, 3.8) is 0 Å². The van der Waals surface area contributed by atoms with Gasteiger partial charge in [0.25, 0.3) is 5.91 Å². The zero-order valence-electron chi connectivity index (χ0n) is 9.51. The van der Waals surface area contributed by atoms with Crippen LogP contribution in [0.2, 0.25) is 0 Å². The number of carbonyl (C=O) groups is 1. The van der Waals surface area contributed by atoms with Gasteiger partial charge < -0.3 is 11.1 Å². The Kier molecular flexibility index (Phi) is 3.43. The fraction of sp³-hybridized carbons (Fsp3) is 0.273. The number of thiophene rings is 1. The average molecular weight is 250 g/mol. The van der Waals surface area contributed by atoms with Gasteiger partial charge in [-0.25, -0.2) is 0 Å². The summed E-state index contributed by atoms with van der Waals surface area (Å²) in [6.45, 7) is 3.12. The maximum atomic E-state index is 11.8. The Morgan fingerprint density at radius 3 is 3.06 bits per heavy atom. The fourth-order valence-electron chi connectivity index (χ4n) is 1.41. The number of nitrogen functional groups attached to an aromatic ring is 1. The molecule has 1 amide bonds. The van der Waals surface area contributed by atoms with E-state index in [9.17, 15) is 4.79 Å². The minimum atomic E-state index is -0.0815. The molecule has 0 fully saturated rings. The second kappa shape index (κ2) is 5.01. The topological polar surface area (TPSA) is 72.9 Å². The standard InChI is InChI=1S/C11H14N4OS/c1-8-9(12)7-10(17-8)11(16)13-4-6-15-5-2-3-14-15/h2-3,5,7H,4,6,12H2,1H3,(H,13,16). The number of nitrogens with zero attached hydrogens (tertiary/aromatic N) is 2. The van der Waals surface area contributed by atoms with Crippen molar-refractivity contribution in [1.29, 1.82) is 0 Å². The highest BCUT2D eigenvalue weighted by molar-refractivity contribution is 7.14. The molecule has 5 nitrogen and oxygen atoms in total. The number of aromatic nitrogens is 2. The maximum Gasteiger partial charge on any atom is 0.261 e. The third-order valence-electron chi connectivity index (χ3n) is 2.37. The Morgan fingerprint density at radius 2 is 2.47 bits per heavy atom. The van der Waals surface area contributed by atoms with Crippen molar-refractivity contribution < 1.29 is 4.79 Å². The second-order valence-corrected chi connectivity index (χ2v) is 4.90. The second-order valence-electron chi connectivity index (χ2n) is 3.65. The molecule has 2 rings (SSSR count). The van der Waals surface area contributed by atoms with E-state index >= 15 is 0 Å². The molecule has 0 aromatic carbocycles. The summed E-state index contributed by atoms with van der Waals surface area (Å²) < 4.78 is 1.77. The van der Waals surface area contributed by atoms with Gasteiger partial charge >= 0.3 is 0 Å². The number of nitrogens with one attached hydrogen (secondary N) is 1. The highest BCUT2D eigenvalue weighted by atomic mass is 32.1. The first-order valence-corrected chi connectivity index (χ1v) is 6.10. The highest BCUT2D eigenvalue weighted by Crippen LogP contribution is 2.22. The first-order valence-electron chi connectivity index (χ1n) is 5.28. The van der Waals surface area contributed by atoms with E-state index in [0.717, 1.165) is 4.88 Å². The summed E-state index contributed by atoms with van der Waals surface area (Å²) in [4.78, 5) is 13.4. The van der Waals surface area contributed by atoms with E-state index in [1.54, 1.807) is 16.9 Å². The Bertz CT molecular complexity index is 484. The van der Waals surface area contributed by atoms with Crippen LogP contribution in [0.1, 0.15) is 14.5 Å². The summed E-state index contributed by atoms with van der Waals surface area (Å²) in [5.74, 6) is -0.0815. The van der Waals surface area contributed by atoms with Gasteiger partial charge in [0.05, 0.1) is 11.4 Å². The van der Waals surface area contributed by atoms with Crippen molar-refractivity contribution in [3.8, 4) is 0 Å². The molecule has 0 radical (unpaired) electrons. The number of hydrogen-bond acceptors (Lipinski definition) is 4. The van der Waals surface area contributed by atoms with Gasteiger partial charge in [0.1, 0.15) is 0 Å². The van der Waals surface area contributed by atoms with Crippen molar-refractivity contribution in [2.24, 2.45) is 0 Å². The highest BCUT2D eigenvalue weighted by Gasteiger charge is 2.09. The molecule has 2 aromatic rings. The van der Waals surface area contributed by atoms with Crippen LogP contribution in [-0.2, 0) is 6.54 Å². The Morgan fingerprint density at radius 1 is 1.65 bits per heavy atom. The van der Waals surface area contributed by atoms with Crippen LogP contribution in [0, 0.1) is 6.92 Å². The lowest BCUT2D eigenvalue weighted by Gasteiger charge is -2.03. The van der Waals surface area contributed by atoms with Crippen molar-refractivity contribution in [2.75, 3.05) is 12.3 Å². The van der Waals surface area contributed by atoms with Crippen LogP contribution in [0.15, 0.2) is 24.5 Å². The predicted molar refractivity (Wildman–Crippen MR) is 68.0 cm³/mol. The third kappa shape index (κ3) is 2.85. The molecular weight excluding hydrogens is 236 g/mol. The molecule has 6 heteroatoms. The van der Waals surface area contributed by atoms with Crippen LogP contribution in [0.3, 0.4) is 0 Å². The number of anilines is 1. The van der Waals surface area contributed by atoms with Crippen LogP contribution in [0.4, 0.5) is 5.69 Å². The van der Waals surface area contributed by atoms with E-state index in [0.29, 0.717) is 23.7 Å². The maximum absolute atomic E-state index is 11.8.